The Morgan fingerprint density at radius 2 is 2.40 bits per heavy atom. The molecule has 0 N–H and O–H groups in total. The average molecular weight is 206 g/mol. The van der Waals surface area contributed by atoms with Gasteiger partial charge in [0.15, 0.2) is 0 Å². The lowest BCUT2D eigenvalue weighted by atomic mass is 9.96. The van der Waals surface area contributed by atoms with Gasteiger partial charge < -0.3 is 4.42 Å². The highest BCUT2D eigenvalue weighted by Crippen LogP contribution is 2.35. The van der Waals surface area contributed by atoms with Gasteiger partial charge in [0.25, 0.3) is 0 Å². The molecule has 0 aromatic carbocycles. The van der Waals surface area contributed by atoms with Gasteiger partial charge in [-0.15, -0.1) is 0 Å². The van der Waals surface area contributed by atoms with Crippen molar-refractivity contribution in [2.24, 2.45) is 11.8 Å². The number of carbonyl (C=O) groups excluding carboxylic acids is 1. The van der Waals surface area contributed by atoms with E-state index in [9.17, 15) is 4.79 Å². The van der Waals surface area contributed by atoms with E-state index >= 15 is 0 Å². The maximum atomic E-state index is 11.8. The molecule has 0 aliphatic heterocycles. The van der Waals surface area contributed by atoms with E-state index in [1.165, 1.54) is 12.8 Å². The molecule has 0 radical (unpaired) electrons. The molecular formula is C13H18O2. The minimum Gasteiger partial charge on any atom is -0.469 e. The summed E-state index contributed by atoms with van der Waals surface area (Å²) in [6.45, 7) is 2.06. The van der Waals surface area contributed by atoms with Gasteiger partial charge in [0.2, 0.25) is 0 Å². The van der Waals surface area contributed by atoms with Crippen molar-refractivity contribution in [3.8, 4) is 0 Å². The molecule has 1 fully saturated rings. The van der Waals surface area contributed by atoms with Crippen molar-refractivity contribution in [2.75, 3.05) is 0 Å². The van der Waals surface area contributed by atoms with Gasteiger partial charge in [-0.3, -0.25) is 4.79 Å². The van der Waals surface area contributed by atoms with Crippen molar-refractivity contribution < 1.29 is 9.21 Å². The van der Waals surface area contributed by atoms with Crippen LogP contribution in [-0.2, 0) is 11.2 Å². The average Bonchev–Trinajstić information content (AvgIpc) is 2.88. The second-order valence-corrected chi connectivity index (χ2v) is 4.63. The predicted octanol–water partition coefficient (Wildman–Crippen LogP) is 3.22. The molecule has 1 aliphatic rings. The Hall–Kier alpha value is -1.05. The standard InChI is InChI=1S/C13H18O2/c1-10(9-11-4-5-11)13(14)7-6-12-3-2-8-15-12/h2-3,8,10-11H,4-7,9H2,1H3/t10-/m0/s1. The Bertz CT molecular complexity index is 309. The summed E-state index contributed by atoms with van der Waals surface area (Å²) in [5.74, 6) is 2.39. The van der Waals surface area contributed by atoms with Gasteiger partial charge in [-0.25, -0.2) is 0 Å². The van der Waals surface area contributed by atoms with Gasteiger partial charge in [0.1, 0.15) is 11.5 Å². The van der Waals surface area contributed by atoms with E-state index in [1.807, 2.05) is 12.1 Å². The number of Topliss-reactive ketones (excluding diaryl/α,β-unsaturated/α-hetero) is 1. The fourth-order valence-electron chi connectivity index (χ4n) is 1.93. The molecule has 0 saturated heterocycles. The molecule has 1 aromatic rings. The van der Waals surface area contributed by atoms with Crippen molar-refractivity contribution in [3.63, 3.8) is 0 Å². The smallest absolute Gasteiger partial charge is 0.136 e. The monoisotopic (exact) mass is 206 g/mol. The Labute approximate surface area is 90.7 Å². The Morgan fingerprint density at radius 1 is 1.60 bits per heavy atom. The molecule has 1 saturated carbocycles. The molecule has 1 atom stereocenters. The normalized spacial score (nSPS) is 17.7. The number of hydrogen-bond donors (Lipinski definition) is 0. The number of aryl methyl sites for hydroxylation is 1. The van der Waals surface area contributed by atoms with Gasteiger partial charge in [0, 0.05) is 18.8 Å². The molecule has 0 amide bonds. The Morgan fingerprint density at radius 3 is 3.00 bits per heavy atom. The highest BCUT2D eigenvalue weighted by atomic mass is 16.3. The van der Waals surface area contributed by atoms with Gasteiger partial charge in [0.05, 0.1) is 6.26 Å². The minimum absolute atomic E-state index is 0.243. The lowest BCUT2D eigenvalue weighted by molar-refractivity contribution is -0.122. The van der Waals surface area contributed by atoms with Gasteiger partial charge in [-0.1, -0.05) is 19.8 Å². The molecule has 2 nitrogen and oxygen atoms in total. The summed E-state index contributed by atoms with van der Waals surface area (Å²) >= 11 is 0. The molecule has 15 heavy (non-hydrogen) atoms. The van der Waals surface area contributed by atoms with Crippen LogP contribution in [0.1, 0.15) is 38.4 Å². The number of carbonyl (C=O) groups is 1. The number of hydrogen-bond acceptors (Lipinski definition) is 2. The maximum Gasteiger partial charge on any atom is 0.136 e. The maximum absolute atomic E-state index is 11.8. The molecule has 0 unspecified atom stereocenters. The first-order chi connectivity index (χ1) is 7.25. The van der Waals surface area contributed by atoms with Crippen molar-refractivity contribution in [1.29, 1.82) is 0 Å². The van der Waals surface area contributed by atoms with E-state index in [-0.39, 0.29) is 5.92 Å². The fourth-order valence-corrected chi connectivity index (χ4v) is 1.93. The summed E-state index contributed by atoms with van der Waals surface area (Å²) in [7, 11) is 0. The molecule has 2 heteroatoms. The fraction of sp³-hybridized carbons (Fsp3) is 0.615. The van der Waals surface area contributed by atoms with Crippen LogP contribution in [0.5, 0.6) is 0 Å². The highest BCUT2D eigenvalue weighted by molar-refractivity contribution is 5.80. The van der Waals surface area contributed by atoms with Gasteiger partial charge in [-0.2, -0.15) is 0 Å². The third kappa shape index (κ3) is 3.22. The van der Waals surface area contributed by atoms with Crippen molar-refractivity contribution >= 4 is 5.78 Å². The van der Waals surface area contributed by atoms with E-state index in [0.29, 0.717) is 12.2 Å². The predicted molar refractivity (Wildman–Crippen MR) is 58.5 cm³/mol. The van der Waals surface area contributed by atoms with E-state index in [2.05, 4.69) is 6.92 Å². The largest absolute Gasteiger partial charge is 0.469 e. The lowest BCUT2D eigenvalue weighted by Crippen LogP contribution is -2.12. The summed E-state index contributed by atoms with van der Waals surface area (Å²) in [5.41, 5.74) is 0. The van der Waals surface area contributed by atoms with Crippen LogP contribution in [0.4, 0.5) is 0 Å². The molecule has 2 rings (SSSR count). The highest BCUT2D eigenvalue weighted by Gasteiger charge is 2.26. The summed E-state index contributed by atoms with van der Waals surface area (Å²) in [6, 6.07) is 3.80. The summed E-state index contributed by atoms with van der Waals surface area (Å²) in [4.78, 5) is 11.8. The van der Waals surface area contributed by atoms with Crippen LogP contribution < -0.4 is 0 Å². The van der Waals surface area contributed by atoms with Gasteiger partial charge in [-0.05, 0) is 24.5 Å². The lowest BCUT2D eigenvalue weighted by Gasteiger charge is -2.08. The zero-order valence-electron chi connectivity index (χ0n) is 9.24. The molecule has 1 heterocycles. The van der Waals surface area contributed by atoms with Crippen LogP contribution in [0.3, 0.4) is 0 Å². The van der Waals surface area contributed by atoms with Crippen LogP contribution in [0.15, 0.2) is 22.8 Å². The Balaban J connectivity index is 1.71. The van der Waals surface area contributed by atoms with Crippen LogP contribution in [0.25, 0.3) is 0 Å². The van der Waals surface area contributed by atoms with Crippen LogP contribution >= 0.6 is 0 Å². The molecule has 1 aromatic heterocycles. The minimum atomic E-state index is 0.243. The quantitative estimate of drug-likeness (QED) is 0.715. The summed E-state index contributed by atoms with van der Waals surface area (Å²) in [5, 5.41) is 0. The molecule has 0 bridgehead atoms. The number of ketones is 1. The zero-order valence-corrected chi connectivity index (χ0v) is 9.24. The number of furan rings is 1. The third-order valence-electron chi connectivity index (χ3n) is 3.13. The molecular weight excluding hydrogens is 188 g/mol. The second kappa shape index (κ2) is 4.65. The molecule has 82 valence electrons. The first kappa shape index (κ1) is 10.5. The van der Waals surface area contributed by atoms with Gasteiger partial charge >= 0.3 is 0 Å². The van der Waals surface area contributed by atoms with Crippen molar-refractivity contribution in [3.05, 3.63) is 24.2 Å². The van der Waals surface area contributed by atoms with Crippen molar-refractivity contribution in [1.82, 2.24) is 0 Å². The second-order valence-electron chi connectivity index (χ2n) is 4.63. The van der Waals surface area contributed by atoms with Crippen molar-refractivity contribution in [2.45, 2.75) is 39.0 Å². The van der Waals surface area contributed by atoms with Crippen LogP contribution in [-0.4, -0.2) is 5.78 Å². The van der Waals surface area contributed by atoms with Crippen LogP contribution in [0.2, 0.25) is 0 Å². The van der Waals surface area contributed by atoms with Crippen LogP contribution in [0, 0.1) is 11.8 Å². The zero-order chi connectivity index (χ0) is 10.7. The van der Waals surface area contributed by atoms with E-state index in [1.54, 1.807) is 6.26 Å². The SMILES string of the molecule is C[C@@H](CC1CC1)C(=O)CCc1ccco1. The topological polar surface area (TPSA) is 30.2 Å². The third-order valence-corrected chi connectivity index (χ3v) is 3.13. The summed E-state index contributed by atoms with van der Waals surface area (Å²) < 4.78 is 5.20. The first-order valence-corrected chi connectivity index (χ1v) is 5.81. The number of rotatable bonds is 6. The van der Waals surface area contributed by atoms with E-state index in [4.69, 9.17) is 4.42 Å². The Kier molecular flexibility index (Phi) is 3.24. The summed E-state index contributed by atoms with van der Waals surface area (Å²) in [6.07, 6.45) is 6.79. The first-order valence-electron chi connectivity index (χ1n) is 5.81. The van der Waals surface area contributed by atoms with E-state index in [0.717, 1.165) is 24.5 Å². The molecule has 0 spiro atoms. The van der Waals surface area contributed by atoms with E-state index < -0.39 is 0 Å². The molecule has 1 aliphatic carbocycles.